The van der Waals surface area contributed by atoms with Gasteiger partial charge < -0.3 is 15.0 Å². The van der Waals surface area contributed by atoms with Crippen LogP contribution in [0, 0.1) is 6.92 Å². The third kappa shape index (κ3) is 2.03. The third-order valence-corrected chi connectivity index (χ3v) is 1.98. The molecule has 0 saturated carbocycles. The Kier molecular flexibility index (Phi) is 2.59. The molecule has 0 bridgehead atoms. The second kappa shape index (κ2) is 4.06. The predicted octanol–water partition coefficient (Wildman–Crippen LogP) is 1.78. The number of nitrogen functional groups attached to an aromatic ring is 1. The number of carbonyl (C=O) groups excluding carboxylic acids is 1. The summed E-state index contributed by atoms with van der Waals surface area (Å²) in [7, 11) is 0. The van der Waals surface area contributed by atoms with E-state index in [1.165, 1.54) is 6.20 Å². The Balaban J connectivity index is 2.17. The van der Waals surface area contributed by atoms with E-state index in [0.717, 1.165) is 5.56 Å². The number of aryl methyl sites for hydroxylation is 1. The highest BCUT2D eigenvalue weighted by Crippen LogP contribution is 2.16. The molecule has 0 spiro atoms. The number of anilines is 1. The van der Waals surface area contributed by atoms with Gasteiger partial charge in [-0.05, 0) is 24.6 Å². The molecule has 1 aromatic carbocycles. The van der Waals surface area contributed by atoms with Crippen molar-refractivity contribution in [2.45, 2.75) is 6.92 Å². The van der Waals surface area contributed by atoms with E-state index in [1.807, 2.05) is 13.0 Å². The van der Waals surface area contributed by atoms with Gasteiger partial charge in [0.05, 0.1) is 6.20 Å². The zero-order chi connectivity index (χ0) is 11.5. The maximum absolute atomic E-state index is 11.6. The van der Waals surface area contributed by atoms with Gasteiger partial charge in [0.25, 0.3) is 5.76 Å². The summed E-state index contributed by atoms with van der Waals surface area (Å²) in [6, 6.07) is 7.11. The number of benzene rings is 1. The van der Waals surface area contributed by atoms with E-state index in [2.05, 4.69) is 9.68 Å². The summed E-state index contributed by atoms with van der Waals surface area (Å²) in [6.45, 7) is 1.90. The maximum Gasteiger partial charge on any atom is 0.384 e. The van der Waals surface area contributed by atoms with E-state index in [-0.39, 0.29) is 11.4 Å². The van der Waals surface area contributed by atoms with Crippen LogP contribution < -0.4 is 10.5 Å². The highest BCUT2D eigenvalue weighted by molar-refractivity contribution is 5.93. The molecule has 2 rings (SSSR count). The molecule has 0 unspecified atom stereocenters. The molecule has 82 valence electrons. The Morgan fingerprint density at radius 2 is 2.31 bits per heavy atom. The molecule has 2 N–H and O–H groups in total. The van der Waals surface area contributed by atoms with Gasteiger partial charge in [-0.2, -0.15) is 0 Å². The standard InChI is InChI=1S/C11H10N2O3/c1-7-3-2-4-8(5-7)15-11(14)10-9(12)6-13-16-10/h2-6H,12H2,1H3. The minimum Gasteiger partial charge on any atom is -0.421 e. The van der Waals surface area contributed by atoms with Crippen LogP contribution >= 0.6 is 0 Å². The lowest BCUT2D eigenvalue weighted by molar-refractivity contribution is 0.0692. The Morgan fingerprint density at radius 3 is 2.94 bits per heavy atom. The van der Waals surface area contributed by atoms with Crippen molar-refractivity contribution in [1.29, 1.82) is 0 Å². The monoisotopic (exact) mass is 218 g/mol. The number of nitrogens with two attached hydrogens (primary N) is 1. The summed E-state index contributed by atoms with van der Waals surface area (Å²) in [5.74, 6) is -0.289. The zero-order valence-corrected chi connectivity index (χ0v) is 8.64. The quantitative estimate of drug-likeness (QED) is 0.614. The Labute approximate surface area is 91.8 Å². The largest absolute Gasteiger partial charge is 0.421 e. The van der Waals surface area contributed by atoms with Gasteiger partial charge in [-0.1, -0.05) is 17.3 Å². The van der Waals surface area contributed by atoms with E-state index in [4.69, 9.17) is 10.5 Å². The number of hydrogen-bond donors (Lipinski definition) is 1. The first-order valence-corrected chi connectivity index (χ1v) is 4.66. The average molecular weight is 218 g/mol. The molecular weight excluding hydrogens is 208 g/mol. The number of aromatic nitrogens is 1. The lowest BCUT2D eigenvalue weighted by atomic mass is 10.2. The van der Waals surface area contributed by atoms with Crippen molar-refractivity contribution in [3.8, 4) is 5.75 Å². The van der Waals surface area contributed by atoms with Crippen molar-refractivity contribution in [3.63, 3.8) is 0 Å². The van der Waals surface area contributed by atoms with Gasteiger partial charge in [-0.3, -0.25) is 0 Å². The second-order valence-electron chi connectivity index (χ2n) is 3.32. The van der Waals surface area contributed by atoms with Crippen LogP contribution in [0.4, 0.5) is 5.69 Å². The summed E-state index contributed by atoms with van der Waals surface area (Å²) in [4.78, 5) is 11.6. The molecule has 0 atom stereocenters. The van der Waals surface area contributed by atoms with Crippen LogP contribution in [0.2, 0.25) is 0 Å². The molecule has 0 aliphatic rings. The van der Waals surface area contributed by atoms with Gasteiger partial charge in [0.1, 0.15) is 11.4 Å². The second-order valence-corrected chi connectivity index (χ2v) is 3.32. The van der Waals surface area contributed by atoms with Crippen LogP contribution in [-0.4, -0.2) is 11.1 Å². The van der Waals surface area contributed by atoms with Crippen LogP contribution in [0.1, 0.15) is 16.1 Å². The van der Waals surface area contributed by atoms with Gasteiger partial charge in [0, 0.05) is 0 Å². The summed E-state index contributed by atoms with van der Waals surface area (Å²) in [6.07, 6.45) is 1.26. The molecule has 5 nitrogen and oxygen atoms in total. The normalized spacial score (nSPS) is 10.1. The van der Waals surface area contributed by atoms with E-state index in [9.17, 15) is 4.79 Å². The highest BCUT2D eigenvalue weighted by Gasteiger charge is 2.17. The summed E-state index contributed by atoms with van der Waals surface area (Å²) < 4.78 is 9.75. The SMILES string of the molecule is Cc1cccc(OC(=O)c2oncc2N)c1. The molecule has 1 aromatic heterocycles. The van der Waals surface area contributed by atoms with Crippen LogP contribution in [-0.2, 0) is 0 Å². The van der Waals surface area contributed by atoms with Crippen LogP contribution in [0.5, 0.6) is 5.75 Å². The van der Waals surface area contributed by atoms with E-state index < -0.39 is 5.97 Å². The number of carbonyl (C=O) groups is 1. The third-order valence-electron chi connectivity index (χ3n) is 1.98. The molecule has 5 heteroatoms. The molecule has 0 saturated heterocycles. The first-order valence-electron chi connectivity index (χ1n) is 4.66. The van der Waals surface area contributed by atoms with Gasteiger partial charge >= 0.3 is 5.97 Å². The fourth-order valence-electron chi connectivity index (χ4n) is 1.23. The number of rotatable bonds is 2. The average Bonchev–Trinajstić information content (AvgIpc) is 2.64. The Morgan fingerprint density at radius 1 is 1.50 bits per heavy atom. The fourth-order valence-corrected chi connectivity index (χ4v) is 1.23. The first-order chi connectivity index (χ1) is 7.66. The highest BCUT2D eigenvalue weighted by atomic mass is 16.6. The van der Waals surface area contributed by atoms with Gasteiger partial charge in [0.15, 0.2) is 0 Å². The lowest BCUT2D eigenvalue weighted by Gasteiger charge is -2.02. The van der Waals surface area contributed by atoms with Gasteiger partial charge in [-0.15, -0.1) is 0 Å². The summed E-state index contributed by atoms with van der Waals surface area (Å²) in [5.41, 5.74) is 6.63. The van der Waals surface area contributed by atoms with E-state index >= 15 is 0 Å². The predicted molar refractivity (Wildman–Crippen MR) is 57.1 cm³/mol. The van der Waals surface area contributed by atoms with Crippen LogP contribution in [0.15, 0.2) is 35.0 Å². The zero-order valence-electron chi connectivity index (χ0n) is 8.64. The summed E-state index contributed by atoms with van der Waals surface area (Å²) >= 11 is 0. The van der Waals surface area contributed by atoms with Crippen molar-refractivity contribution in [2.24, 2.45) is 0 Å². The smallest absolute Gasteiger partial charge is 0.384 e. The Bertz CT molecular complexity index is 519. The van der Waals surface area contributed by atoms with Crippen molar-refractivity contribution >= 4 is 11.7 Å². The van der Waals surface area contributed by atoms with E-state index in [1.54, 1.807) is 18.2 Å². The number of nitrogens with zero attached hydrogens (tertiary/aromatic N) is 1. The number of ether oxygens (including phenoxy) is 1. The lowest BCUT2D eigenvalue weighted by Crippen LogP contribution is -2.09. The molecule has 0 radical (unpaired) electrons. The topological polar surface area (TPSA) is 78.3 Å². The number of hydrogen-bond acceptors (Lipinski definition) is 5. The molecular formula is C11H10N2O3. The van der Waals surface area contributed by atoms with Crippen molar-refractivity contribution in [3.05, 3.63) is 41.8 Å². The minimum absolute atomic E-state index is 0.0819. The summed E-state index contributed by atoms with van der Waals surface area (Å²) in [5, 5.41) is 3.40. The number of esters is 1. The van der Waals surface area contributed by atoms with E-state index in [0.29, 0.717) is 5.75 Å². The fraction of sp³-hybridized carbons (Fsp3) is 0.0909. The Hall–Kier alpha value is -2.30. The molecule has 2 aromatic rings. The minimum atomic E-state index is -0.652. The van der Waals surface area contributed by atoms with Gasteiger partial charge in [0.2, 0.25) is 0 Å². The van der Waals surface area contributed by atoms with Crippen LogP contribution in [0.25, 0.3) is 0 Å². The van der Waals surface area contributed by atoms with Crippen molar-refractivity contribution in [2.75, 3.05) is 5.73 Å². The molecule has 0 aliphatic heterocycles. The molecule has 1 heterocycles. The van der Waals surface area contributed by atoms with Gasteiger partial charge in [-0.25, -0.2) is 4.79 Å². The first kappa shape index (κ1) is 10.2. The van der Waals surface area contributed by atoms with Crippen LogP contribution in [0.3, 0.4) is 0 Å². The molecule has 0 fully saturated rings. The molecule has 0 aliphatic carbocycles. The maximum atomic E-state index is 11.6. The van der Waals surface area contributed by atoms with Crippen molar-refractivity contribution in [1.82, 2.24) is 5.16 Å². The molecule has 0 amide bonds. The molecule has 16 heavy (non-hydrogen) atoms. The van der Waals surface area contributed by atoms with Crippen molar-refractivity contribution < 1.29 is 14.1 Å².